The number of amides is 1. The van der Waals surface area contributed by atoms with Crippen molar-refractivity contribution in [3.05, 3.63) is 102 Å². The molecule has 0 N–H and O–H groups in total. The number of benzene rings is 3. The van der Waals surface area contributed by atoms with Gasteiger partial charge in [-0.2, -0.15) is 5.26 Å². The van der Waals surface area contributed by atoms with Gasteiger partial charge in [-0.1, -0.05) is 18.2 Å². The smallest absolute Gasteiger partial charge is 0.269 e. The maximum Gasteiger partial charge on any atom is 0.269 e. The fourth-order valence-electron chi connectivity index (χ4n) is 3.96. The number of piperazine rings is 1. The zero-order valence-corrected chi connectivity index (χ0v) is 23.4. The molecule has 10 heteroatoms. The number of rotatable bonds is 7. The zero-order valence-electron chi connectivity index (χ0n) is 19.6. The van der Waals surface area contributed by atoms with Crippen molar-refractivity contribution in [3.8, 4) is 11.8 Å². The fraction of sp³-hybridized carbons (Fsp3) is 0.185. The number of nitriles is 1. The molecule has 0 unspecified atom stereocenters. The first-order chi connectivity index (χ1) is 17.9. The summed E-state index contributed by atoms with van der Waals surface area (Å²) in [6.07, 6.45) is 1.60. The van der Waals surface area contributed by atoms with Crippen molar-refractivity contribution in [1.82, 2.24) is 4.90 Å². The van der Waals surface area contributed by atoms with Gasteiger partial charge < -0.3 is 14.5 Å². The van der Waals surface area contributed by atoms with Gasteiger partial charge in [-0.3, -0.25) is 14.9 Å². The predicted octanol–water partition coefficient (Wildman–Crippen LogP) is 5.80. The van der Waals surface area contributed by atoms with E-state index in [2.05, 4.69) is 61.6 Å². The number of non-ortho nitro benzene ring substituents is 1. The molecule has 0 aromatic heterocycles. The summed E-state index contributed by atoms with van der Waals surface area (Å²) < 4.78 is 7.41. The fourth-order valence-corrected chi connectivity index (χ4v) is 5.72. The summed E-state index contributed by atoms with van der Waals surface area (Å²) in [6, 6.07) is 22.0. The van der Waals surface area contributed by atoms with E-state index in [9.17, 15) is 20.2 Å². The van der Waals surface area contributed by atoms with E-state index in [0.29, 0.717) is 42.0 Å². The number of nitro benzene ring substituents is 1. The molecule has 0 bridgehead atoms. The van der Waals surface area contributed by atoms with E-state index in [-0.39, 0.29) is 23.8 Å². The van der Waals surface area contributed by atoms with Crippen molar-refractivity contribution in [1.29, 1.82) is 5.26 Å². The maximum atomic E-state index is 13.1. The van der Waals surface area contributed by atoms with Gasteiger partial charge in [-0.05, 0) is 92.1 Å². The SMILES string of the molecule is N#C/C(=C/c1cc(Br)c(OCc2ccc([N+](=O)[O-])cc2)c(I)c1)C(=O)N1CCN(c2ccccc2)CC1. The lowest BCUT2D eigenvalue weighted by Crippen LogP contribution is -2.49. The summed E-state index contributed by atoms with van der Waals surface area (Å²) in [5.74, 6) is 0.331. The molecule has 3 aromatic carbocycles. The van der Waals surface area contributed by atoms with Crippen molar-refractivity contribution in [3.63, 3.8) is 0 Å². The normalized spacial score (nSPS) is 13.7. The van der Waals surface area contributed by atoms with E-state index in [1.807, 2.05) is 24.3 Å². The molecular weight excluding hydrogens is 651 g/mol. The van der Waals surface area contributed by atoms with Gasteiger partial charge in [0.2, 0.25) is 0 Å². The molecule has 1 fully saturated rings. The van der Waals surface area contributed by atoms with Crippen LogP contribution in [0.25, 0.3) is 6.08 Å². The molecule has 37 heavy (non-hydrogen) atoms. The van der Waals surface area contributed by atoms with Crippen LogP contribution in [0, 0.1) is 25.0 Å². The summed E-state index contributed by atoms with van der Waals surface area (Å²) in [5, 5.41) is 20.5. The Morgan fingerprint density at radius 2 is 1.78 bits per heavy atom. The number of hydrogen-bond donors (Lipinski definition) is 0. The van der Waals surface area contributed by atoms with Crippen LogP contribution in [0.15, 0.2) is 76.8 Å². The van der Waals surface area contributed by atoms with Gasteiger partial charge in [0.1, 0.15) is 24.0 Å². The Bertz CT molecular complexity index is 1340. The number of para-hydroxylation sites is 1. The highest BCUT2D eigenvalue weighted by atomic mass is 127. The van der Waals surface area contributed by atoms with Gasteiger partial charge in [0.15, 0.2) is 0 Å². The Morgan fingerprint density at radius 1 is 1.11 bits per heavy atom. The molecule has 0 spiro atoms. The summed E-state index contributed by atoms with van der Waals surface area (Å²) in [4.78, 5) is 27.4. The number of carbonyl (C=O) groups is 1. The number of ether oxygens (including phenoxy) is 1. The number of hydrogen-bond acceptors (Lipinski definition) is 6. The minimum Gasteiger partial charge on any atom is -0.487 e. The lowest BCUT2D eigenvalue weighted by atomic mass is 10.1. The molecule has 1 heterocycles. The minimum absolute atomic E-state index is 0.0246. The third kappa shape index (κ3) is 6.67. The predicted molar refractivity (Wildman–Crippen MR) is 153 cm³/mol. The molecule has 1 aliphatic rings. The standard InChI is InChI=1S/C27H22BrIN4O4/c28-24-15-20(16-25(29)26(24)37-18-19-6-8-23(9-7-19)33(35)36)14-21(17-30)27(34)32-12-10-31(11-13-32)22-4-2-1-3-5-22/h1-9,14-16H,10-13,18H2/b21-14-. The molecule has 4 rings (SSSR count). The van der Waals surface area contributed by atoms with E-state index in [4.69, 9.17) is 4.74 Å². The molecule has 1 aliphatic heterocycles. The van der Waals surface area contributed by atoms with E-state index in [1.165, 1.54) is 12.1 Å². The Hall–Kier alpha value is -3.43. The second-order valence-electron chi connectivity index (χ2n) is 8.31. The number of halogens is 2. The summed E-state index contributed by atoms with van der Waals surface area (Å²) in [7, 11) is 0. The van der Waals surface area contributed by atoms with Crippen LogP contribution in [0.2, 0.25) is 0 Å². The van der Waals surface area contributed by atoms with Crippen LogP contribution in [0.5, 0.6) is 5.75 Å². The van der Waals surface area contributed by atoms with Gasteiger partial charge in [0.25, 0.3) is 11.6 Å². The van der Waals surface area contributed by atoms with E-state index in [1.54, 1.807) is 29.2 Å². The number of carbonyl (C=O) groups excluding carboxylic acids is 1. The molecule has 0 aliphatic carbocycles. The minimum atomic E-state index is -0.443. The summed E-state index contributed by atoms with van der Waals surface area (Å²) in [5.41, 5.74) is 2.72. The number of nitrogens with zero attached hydrogens (tertiary/aromatic N) is 4. The molecule has 1 saturated heterocycles. The average Bonchev–Trinajstić information content (AvgIpc) is 2.91. The molecule has 8 nitrogen and oxygen atoms in total. The van der Waals surface area contributed by atoms with Gasteiger partial charge in [0.05, 0.1) is 13.0 Å². The lowest BCUT2D eigenvalue weighted by Gasteiger charge is -2.36. The van der Waals surface area contributed by atoms with Crippen LogP contribution in [0.1, 0.15) is 11.1 Å². The van der Waals surface area contributed by atoms with Crippen molar-refractivity contribution < 1.29 is 14.5 Å². The van der Waals surface area contributed by atoms with Gasteiger partial charge in [-0.25, -0.2) is 0 Å². The molecule has 0 radical (unpaired) electrons. The topological polar surface area (TPSA) is 99.7 Å². The van der Waals surface area contributed by atoms with Crippen molar-refractivity contribution in [2.75, 3.05) is 31.1 Å². The van der Waals surface area contributed by atoms with Crippen molar-refractivity contribution in [2.45, 2.75) is 6.61 Å². The van der Waals surface area contributed by atoms with Crippen molar-refractivity contribution >= 4 is 61.9 Å². The Morgan fingerprint density at radius 3 is 2.38 bits per heavy atom. The lowest BCUT2D eigenvalue weighted by molar-refractivity contribution is -0.384. The third-order valence-electron chi connectivity index (χ3n) is 5.90. The average molecular weight is 673 g/mol. The van der Waals surface area contributed by atoms with Crippen LogP contribution in [0.4, 0.5) is 11.4 Å². The molecular formula is C27H22BrIN4O4. The highest BCUT2D eigenvalue weighted by Gasteiger charge is 2.24. The summed E-state index contributed by atoms with van der Waals surface area (Å²) in [6.45, 7) is 2.74. The Kier molecular flexibility index (Phi) is 8.78. The van der Waals surface area contributed by atoms with Crippen LogP contribution in [-0.4, -0.2) is 41.9 Å². The first kappa shape index (κ1) is 26.6. The van der Waals surface area contributed by atoms with Crippen LogP contribution >= 0.6 is 38.5 Å². The van der Waals surface area contributed by atoms with Crippen LogP contribution in [-0.2, 0) is 11.4 Å². The highest BCUT2D eigenvalue weighted by molar-refractivity contribution is 14.1. The Balaban J connectivity index is 1.42. The quantitative estimate of drug-likeness (QED) is 0.104. The van der Waals surface area contributed by atoms with Gasteiger partial charge in [0, 0.05) is 44.0 Å². The number of anilines is 1. The second kappa shape index (κ2) is 12.2. The van der Waals surface area contributed by atoms with Gasteiger partial charge in [-0.15, -0.1) is 0 Å². The van der Waals surface area contributed by atoms with Crippen molar-refractivity contribution in [2.24, 2.45) is 0 Å². The first-order valence-electron chi connectivity index (χ1n) is 11.4. The van der Waals surface area contributed by atoms with Crippen LogP contribution in [0.3, 0.4) is 0 Å². The van der Waals surface area contributed by atoms with Crippen LogP contribution < -0.4 is 9.64 Å². The van der Waals surface area contributed by atoms with E-state index >= 15 is 0 Å². The second-order valence-corrected chi connectivity index (χ2v) is 10.3. The largest absolute Gasteiger partial charge is 0.487 e. The highest BCUT2D eigenvalue weighted by Crippen LogP contribution is 2.33. The monoisotopic (exact) mass is 672 g/mol. The molecule has 1 amide bonds. The number of nitro groups is 1. The zero-order chi connectivity index (χ0) is 26.4. The Labute approximate surface area is 236 Å². The molecule has 0 atom stereocenters. The van der Waals surface area contributed by atoms with E-state index < -0.39 is 4.92 Å². The summed E-state index contributed by atoms with van der Waals surface area (Å²) >= 11 is 5.66. The molecule has 0 saturated carbocycles. The van der Waals surface area contributed by atoms with E-state index in [0.717, 1.165) is 14.8 Å². The maximum absolute atomic E-state index is 13.1. The van der Waals surface area contributed by atoms with Gasteiger partial charge >= 0.3 is 0 Å². The molecule has 188 valence electrons. The first-order valence-corrected chi connectivity index (χ1v) is 13.3. The third-order valence-corrected chi connectivity index (χ3v) is 7.29. The molecule has 3 aromatic rings.